The summed E-state index contributed by atoms with van der Waals surface area (Å²) < 4.78 is 68.8. The fourth-order valence-electron chi connectivity index (χ4n) is 3.78. The standard InChI is InChI=1S/C22H26ClN3O8S2/c1-35(28,29)26-15-21(34-20-7-2-16(23)14-19(20)26)22(27)24-8-11-33-17-3-5-18(6-4-17)36(30,31)25-9-12-32-13-10-25/h2-7,14,21H,8-13,15H2,1H3,(H,24,27)/t21-/m1/s1. The highest BCUT2D eigenvalue weighted by atomic mass is 35.5. The fraction of sp³-hybridized carbons (Fsp3) is 0.409. The summed E-state index contributed by atoms with van der Waals surface area (Å²) in [5, 5.41) is 3.01. The van der Waals surface area contributed by atoms with Crippen molar-refractivity contribution in [3.05, 3.63) is 47.5 Å². The topological polar surface area (TPSA) is 132 Å². The Bertz CT molecular complexity index is 1310. The van der Waals surface area contributed by atoms with Crippen LogP contribution in [0.4, 0.5) is 5.69 Å². The molecule has 0 radical (unpaired) electrons. The Balaban J connectivity index is 1.30. The van der Waals surface area contributed by atoms with Crippen LogP contribution in [0, 0.1) is 0 Å². The number of hydrogen-bond donors (Lipinski definition) is 1. The van der Waals surface area contributed by atoms with E-state index in [2.05, 4.69) is 5.32 Å². The summed E-state index contributed by atoms with van der Waals surface area (Å²) in [5.41, 5.74) is 0.275. The Kier molecular flexibility index (Phi) is 7.95. The van der Waals surface area contributed by atoms with E-state index >= 15 is 0 Å². The van der Waals surface area contributed by atoms with Gasteiger partial charge in [0.25, 0.3) is 5.91 Å². The van der Waals surface area contributed by atoms with Gasteiger partial charge in [0.1, 0.15) is 18.1 Å². The molecule has 196 valence electrons. The summed E-state index contributed by atoms with van der Waals surface area (Å²) in [6.07, 6.45) is -0.0124. The van der Waals surface area contributed by atoms with E-state index in [0.29, 0.717) is 37.1 Å². The minimum atomic E-state index is -3.67. The van der Waals surface area contributed by atoms with Gasteiger partial charge >= 0.3 is 0 Å². The second-order valence-corrected chi connectivity index (χ2v) is 12.4. The Morgan fingerprint density at radius 3 is 2.47 bits per heavy atom. The van der Waals surface area contributed by atoms with Gasteiger partial charge in [-0.05, 0) is 42.5 Å². The lowest BCUT2D eigenvalue weighted by molar-refractivity contribution is -0.127. The molecule has 2 aromatic rings. The monoisotopic (exact) mass is 559 g/mol. The third-order valence-electron chi connectivity index (χ3n) is 5.58. The largest absolute Gasteiger partial charge is 0.492 e. The molecule has 0 aliphatic carbocycles. The molecule has 1 saturated heterocycles. The van der Waals surface area contributed by atoms with Gasteiger partial charge in [-0.1, -0.05) is 11.6 Å². The number of halogens is 1. The normalized spacial score (nSPS) is 18.7. The highest BCUT2D eigenvalue weighted by molar-refractivity contribution is 7.92. The number of nitrogens with one attached hydrogen (secondary N) is 1. The summed E-state index contributed by atoms with van der Waals surface area (Å²) in [5.74, 6) is 0.174. The number of carbonyl (C=O) groups excluding carboxylic acids is 1. The lowest BCUT2D eigenvalue weighted by Crippen LogP contribution is -2.51. The van der Waals surface area contributed by atoms with Gasteiger partial charge < -0.3 is 19.5 Å². The molecule has 2 heterocycles. The van der Waals surface area contributed by atoms with E-state index in [0.717, 1.165) is 10.6 Å². The van der Waals surface area contributed by atoms with E-state index in [-0.39, 0.29) is 36.0 Å². The third-order valence-corrected chi connectivity index (χ3v) is 8.88. The molecule has 1 amide bonds. The van der Waals surface area contributed by atoms with Crippen molar-refractivity contribution < 1.29 is 35.8 Å². The second-order valence-electron chi connectivity index (χ2n) is 8.14. The molecule has 0 spiro atoms. The number of nitrogens with zero attached hydrogens (tertiary/aromatic N) is 2. The summed E-state index contributed by atoms with van der Waals surface area (Å²) in [6.45, 7) is 1.39. The van der Waals surface area contributed by atoms with E-state index in [4.69, 9.17) is 25.8 Å². The van der Waals surface area contributed by atoms with E-state index < -0.39 is 32.1 Å². The zero-order valence-corrected chi connectivity index (χ0v) is 21.8. The number of benzene rings is 2. The first-order valence-corrected chi connectivity index (χ1v) is 14.7. The van der Waals surface area contributed by atoms with E-state index in [9.17, 15) is 21.6 Å². The first-order valence-electron chi connectivity index (χ1n) is 11.1. The zero-order valence-electron chi connectivity index (χ0n) is 19.4. The molecule has 0 saturated carbocycles. The van der Waals surface area contributed by atoms with Crippen molar-refractivity contribution in [3.8, 4) is 11.5 Å². The van der Waals surface area contributed by atoms with Crippen molar-refractivity contribution in [3.63, 3.8) is 0 Å². The lowest BCUT2D eigenvalue weighted by Gasteiger charge is -2.34. The highest BCUT2D eigenvalue weighted by Crippen LogP contribution is 2.37. The number of carbonyl (C=O) groups is 1. The molecule has 0 bridgehead atoms. The molecule has 1 atom stereocenters. The van der Waals surface area contributed by atoms with Crippen LogP contribution in [0.25, 0.3) is 0 Å². The van der Waals surface area contributed by atoms with E-state index in [1.54, 1.807) is 18.2 Å². The van der Waals surface area contributed by atoms with Gasteiger partial charge in [-0.25, -0.2) is 16.8 Å². The molecule has 2 aliphatic rings. The quantitative estimate of drug-likeness (QED) is 0.475. The molecule has 2 aliphatic heterocycles. The maximum absolute atomic E-state index is 12.7. The summed E-state index contributed by atoms with van der Waals surface area (Å²) in [6, 6.07) is 10.6. The Morgan fingerprint density at radius 2 is 1.81 bits per heavy atom. The van der Waals surface area contributed by atoms with Gasteiger partial charge in [0.05, 0.1) is 43.1 Å². The molecule has 2 aromatic carbocycles. The number of amides is 1. The average Bonchev–Trinajstić information content (AvgIpc) is 2.86. The molecule has 1 N–H and O–H groups in total. The van der Waals surface area contributed by atoms with Gasteiger partial charge in [-0.3, -0.25) is 9.10 Å². The van der Waals surface area contributed by atoms with Gasteiger partial charge in [0, 0.05) is 18.1 Å². The van der Waals surface area contributed by atoms with Crippen molar-refractivity contribution in [1.29, 1.82) is 0 Å². The Labute approximate surface area is 215 Å². The minimum Gasteiger partial charge on any atom is -0.492 e. The molecule has 36 heavy (non-hydrogen) atoms. The number of rotatable bonds is 8. The number of anilines is 1. The van der Waals surface area contributed by atoms with E-state index in [1.807, 2.05) is 0 Å². The lowest BCUT2D eigenvalue weighted by atomic mass is 10.2. The molecule has 0 unspecified atom stereocenters. The number of sulfonamides is 2. The van der Waals surface area contributed by atoms with Crippen molar-refractivity contribution in [1.82, 2.24) is 9.62 Å². The van der Waals surface area contributed by atoms with Crippen molar-refractivity contribution >= 4 is 43.2 Å². The Hall–Kier alpha value is -2.58. The zero-order chi connectivity index (χ0) is 25.9. The van der Waals surface area contributed by atoms with Crippen LogP contribution in [0.3, 0.4) is 0 Å². The number of ether oxygens (including phenoxy) is 3. The van der Waals surface area contributed by atoms with Crippen LogP contribution >= 0.6 is 11.6 Å². The first kappa shape index (κ1) is 26.5. The van der Waals surface area contributed by atoms with Gasteiger partial charge in [0.15, 0.2) is 6.10 Å². The highest BCUT2D eigenvalue weighted by Gasteiger charge is 2.35. The van der Waals surface area contributed by atoms with Crippen LogP contribution < -0.4 is 19.1 Å². The van der Waals surface area contributed by atoms with Crippen molar-refractivity contribution in [2.45, 2.75) is 11.0 Å². The van der Waals surface area contributed by atoms with Gasteiger partial charge in [0.2, 0.25) is 20.0 Å². The summed E-state index contributed by atoms with van der Waals surface area (Å²) in [7, 11) is -7.26. The Morgan fingerprint density at radius 1 is 1.11 bits per heavy atom. The van der Waals surface area contributed by atoms with Crippen molar-refractivity contribution in [2.24, 2.45) is 0 Å². The van der Waals surface area contributed by atoms with Gasteiger partial charge in [-0.2, -0.15) is 4.31 Å². The second kappa shape index (κ2) is 10.8. The maximum Gasteiger partial charge on any atom is 0.263 e. The number of fused-ring (bicyclic) bond motifs is 1. The number of morpholine rings is 1. The van der Waals surface area contributed by atoms with Gasteiger partial charge in [-0.15, -0.1) is 0 Å². The molecular weight excluding hydrogens is 534 g/mol. The predicted molar refractivity (Wildman–Crippen MR) is 133 cm³/mol. The molecule has 0 aromatic heterocycles. The SMILES string of the molecule is CS(=O)(=O)N1C[C@H](C(=O)NCCOc2ccc(S(=O)(=O)N3CCOCC3)cc2)Oc2ccc(Cl)cc21. The van der Waals surface area contributed by atoms with Crippen LogP contribution in [-0.2, 0) is 29.6 Å². The molecule has 14 heteroatoms. The van der Waals surface area contributed by atoms with Crippen LogP contribution in [0.1, 0.15) is 0 Å². The van der Waals surface area contributed by atoms with Crippen LogP contribution in [0.5, 0.6) is 11.5 Å². The fourth-order valence-corrected chi connectivity index (χ4v) is 6.26. The van der Waals surface area contributed by atoms with E-state index in [1.165, 1.54) is 28.6 Å². The minimum absolute atomic E-state index is 0.107. The molecule has 11 nitrogen and oxygen atoms in total. The molecular formula is C22H26ClN3O8S2. The average molecular weight is 560 g/mol. The summed E-state index contributed by atoms with van der Waals surface area (Å²) >= 11 is 5.99. The predicted octanol–water partition coefficient (Wildman–Crippen LogP) is 1.08. The smallest absolute Gasteiger partial charge is 0.263 e. The van der Waals surface area contributed by atoms with Crippen LogP contribution in [-0.4, -0.2) is 85.4 Å². The van der Waals surface area contributed by atoms with Crippen LogP contribution in [0.15, 0.2) is 47.4 Å². The van der Waals surface area contributed by atoms with Crippen LogP contribution in [0.2, 0.25) is 5.02 Å². The summed E-state index contributed by atoms with van der Waals surface area (Å²) in [4.78, 5) is 12.8. The molecule has 1 fully saturated rings. The van der Waals surface area contributed by atoms with Crippen molar-refractivity contribution in [2.75, 3.05) is 56.6 Å². The first-order chi connectivity index (χ1) is 17.1. The maximum atomic E-state index is 12.7. The number of hydrogen-bond acceptors (Lipinski definition) is 8. The third kappa shape index (κ3) is 6.03. The molecule has 4 rings (SSSR count).